The maximum Gasteiger partial charge on any atom is 0.0493 e. The molecule has 5 heteroatoms. The van der Waals surface area contributed by atoms with Gasteiger partial charge in [0.15, 0.2) is 0 Å². The van der Waals surface area contributed by atoms with Crippen molar-refractivity contribution in [2.45, 2.75) is 26.4 Å². The lowest BCUT2D eigenvalue weighted by Crippen LogP contribution is -2.16. The summed E-state index contributed by atoms with van der Waals surface area (Å²) in [5.41, 5.74) is 4.89. The van der Waals surface area contributed by atoms with Crippen LogP contribution in [0.15, 0.2) is 42.5 Å². The first-order chi connectivity index (χ1) is 12.6. The molecule has 0 radical (unpaired) electrons. The van der Waals surface area contributed by atoms with Crippen LogP contribution in [-0.2, 0) is 17.8 Å². The van der Waals surface area contributed by atoms with Crippen LogP contribution < -0.4 is 5.32 Å². The van der Waals surface area contributed by atoms with Crippen molar-refractivity contribution < 1.29 is 4.74 Å². The summed E-state index contributed by atoms with van der Waals surface area (Å²) in [6.45, 7) is 5.47. The van der Waals surface area contributed by atoms with Crippen molar-refractivity contribution in [2.24, 2.45) is 0 Å². The van der Waals surface area contributed by atoms with Gasteiger partial charge in [-0.15, -0.1) is 0 Å². The molecule has 3 rings (SSSR count). The van der Waals surface area contributed by atoms with Crippen LogP contribution in [0.2, 0.25) is 10.0 Å². The average Bonchev–Trinajstić information content (AvgIpc) is 2.89. The molecule has 1 N–H and O–H groups in total. The van der Waals surface area contributed by atoms with E-state index < -0.39 is 0 Å². The zero-order chi connectivity index (χ0) is 18.5. The number of para-hydroxylation sites is 1. The molecule has 0 atom stereocenters. The topological polar surface area (TPSA) is 26.2 Å². The van der Waals surface area contributed by atoms with Gasteiger partial charge in [-0.25, -0.2) is 0 Å². The standard InChI is InChI=1S/C21H24Cl2N2O/c1-15-19(13-24-10-5-11-26-2)18-6-3-4-7-21(18)25(15)14-16-8-9-17(22)12-20(16)23/h3-4,6-9,12,24H,5,10-11,13-14H2,1-2H3. The van der Waals surface area contributed by atoms with Crippen molar-refractivity contribution in [1.29, 1.82) is 0 Å². The molecule has 0 bridgehead atoms. The number of aromatic nitrogens is 1. The molecular weight excluding hydrogens is 367 g/mol. The molecule has 0 aliphatic heterocycles. The molecule has 2 aromatic carbocycles. The van der Waals surface area contributed by atoms with E-state index in [2.05, 4.69) is 41.1 Å². The number of nitrogens with one attached hydrogen (secondary N) is 1. The van der Waals surface area contributed by atoms with Crippen LogP contribution in [0.4, 0.5) is 0 Å². The van der Waals surface area contributed by atoms with Gasteiger partial charge in [-0.1, -0.05) is 47.5 Å². The lowest BCUT2D eigenvalue weighted by atomic mass is 10.1. The lowest BCUT2D eigenvalue weighted by Gasteiger charge is -2.11. The fraction of sp³-hybridized carbons (Fsp3) is 0.333. The smallest absolute Gasteiger partial charge is 0.0493 e. The Morgan fingerprint density at radius 1 is 1.12 bits per heavy atom. The average molecular weight is 391 g/mol. The summed E-state index contributed by atoms with van der Waals surface area (Å²) in [4.78, 5) is 0. The number of benzene rings is 2. The van der Waals surface area contributed by atoms with Gasteiger partial charge >= 0.3 is 0 Å². The first kappa shape index (κ1) is 19.2. The van der Waals surface area contributed by atoms with E-state index >= 15 is 0 Å². The Bertz CT molecular complexity index is 889. The number of halogens is 2. The van der Waals surface area contributed by atoms with Gasteiger partial charge < -0.3 is 14.6 Å². The fourth-order valence-electron chi connectivity index (χ4n) is 3.30. The Morgan fingerprint density at radius 3 is 2.69 bits per heavy atom. The minimum Gasteiger partial charge on any atom is -0.385 e. The molecule has 0 aliphatic rings. The van der Waals surface area contributed by atoms with Gasteiger partial charge in [-0.3, -0.25) is 0 Å². The highest BCUT2D eigenvalue weighted by atomic mass is 35.5. The first-order valence-electron chi connectivity index (χ1n) is 8.82. The second kappa shape index (κ2) is 8.92. The van der Waals surface area contributed by atoms with E-state index in [1.54, 1.807) is 13.2 Å². The monoisotopic (exact) mass is 390 g/mol. The maximum atomic E-state index is 6.40. The summed E-state index contributed by atoms with van der Waals surface area (Å²) < 4.78 is 7.44. The molecule has 0 aliphatic carbocycles. The molecule has 26 heavy (non-hydrogen) atoms. The van der Waals surface area contributed by atoms with Crippen molar-refractivity contribution in [2.75, 3.05) is 20.3 Å². The summed E-state index contributed by atoms with van der Waals surface area (Å²) in [5, 5.41) is 6.18. The molecule has 1 heterocycles. The van der Waals surface area contributed by atoms with Gasteiger partial charge in [0.1, 0.15) is 0 Å². The van der Waals surface area contributed by atoms with Crippen LogP contribution in [-0.4, -0.2) is 24.8 Å². The van der Waals surface area contributed by atoms with Gasteiger partial charge in [0.2, 0.25) is 0 Å². The summed E-state index contributed by atoms with van der Waals surface area (Å²) in [6.07, 6.45) is 1.01. The second-order valence-corrected chi connectivity index (χ2v) is 7.27. The largest absolute Gasteiger partial charge is 0.385 e. The van der Waals surface area contributed by atoms with E-state index in [-0.39, 0.29) is 0 Å². The van der Waals surface area contributed by atoms with Crippen molar-refractivity contribution in [3.05, 3.63) is 69.3 Å². The highest BCUT2D eigenvalue weighted by molar-refractivity contribution is 6.35. The number of rotatable bonds is 8. The van der Waals surface area contributed by atoms with Crippen molar-refractivity contribution in [3.63, 3.8) is 0 Å². The van der Waals surface area contributed by atoms with Gasteiger partial charge in [0, 0.05) is 53.4 Å². The van der Waals surface area contributed by atoms with Gasteiger partial charge in [-0.2, -0.15) is 0 Å². The van der Waals surface area contributed by atoms with Crippen molar-refractivity contribution >= 4 is 34.1 Å². The van der Waals surface area contributed by atoms with E-state index in [0.717, 1.165) is 38.2 Å². The Kier molecular flexibility index (Phi) is 6.60. The van der Waals surface area contributed by atoms with E-state index in [1.807, 2.05) is 12.1 Å². The Balaban J connectivity index is 1.89. The molecule has 138 valence electrons. The molecule has 0 spiro atoms. The van der Waals surface area contributed by atoms with Crippen LogP contribution >= 0.6 is 23.2 Å². The summed E-state index contributed by atoms with van der Waals surface area (Å²) in [5.74, 6) is 0. The third-order valence-corrected chi connectivity index (χ3v) is 5.30. The summed E-state index contributed by atoms with van der Waals surface area (Å²) in [6, 6.07) is 14.2. The van der Waals surface area contributed by atoms with E-state index in [1.165, 1.54) is 22.2 Å². The number of hydrogen-bond acceptors (Lipinski definition) is 2. The fourth-order valence-corrected chi connectivity index (χ4v) is 3.77. The molecule has 3 nitrogen and oxygen atoms in total. The molecule has 0 fully saturated rings. The molecular formula is C21H24Cl2N2O. The number of hydrogen-bond donors (Lipinski definition) is 1. The molecule has 0 saturated heterocycles. The van der Waals surface area contributed by atoms with Gasteiger partial charge in [0.25, 0.3) is 0 Å². The first-order valence-corrected chi connectivity index (χ1v) is 9.57. The Morgan fingerprint density at radius 2 is 1.92 bits per heavy atom. The second-order valence-electron chi connectivity index (χ2n) is 6.43. The quantitative estimate of drug-likeness (QED) is 0.518. The van der Waals surface area contributed by atoms with Crippen LogP contribution in [0, 0.1) is 6.92 Å². The van der Waals surface area contributed by atoms with Crippen molar-refractivity contribution in [3.8, 4) is 0 Å². The summed E-state index contributed by atoms with van der Waals surface area (Å²) >= 11 is 12.4. The number of nitrogens with zero attached hydrogens (tertiary/aromatic N) is 1. The van der Waals surface area contributed by atoms with E-state index in [0.29, 0.717) is 10.0 Å². The zero-order valence-electron chi connectivity index (χ0n) is 15.2. The minimum absolute atomic E-state index is 0.661. The van der Waals surface area contributed by atoms with E-state index in [4.69, 9.17) is 27.9 Å². The molecule has 1 aromatic heterocycles. The van der Waals surface area contributed by atoms with Crippen LogP contribution in [0.5, 0.6) is 0 Å². The Labute approximate surface area is 164 Å². The van der Waals surface area contributed by atoms with Gasteiger partial charge in [-0.05, 0) is 49.2 Å². The molecule has 0 saturated carbocycles. The number of fused-ring (bicyclic) bond motifs is 1. The number of methoxy groups -OCH3 is 1. The predicted molar refractivity (Wildman–Crippen MR) is 110 cm³/mol. The third kappa shape index (κ3) is 4.24. The van der Waals surface area contributed by atoms with Crippen molar-refractivity contribution in [1.82, 2.24) is 9.88 Å². The van der Waals surface area contributed by atoms with Crippen LogP contribution in [0.1, 0.15) is 23.2 Å². The van der Waals surface area contributed by atoms with Gasteiger partial charge in [0.05, 0.1) is 0 Å². The normalized spacial score (nSPS) is 11.4. The highest BCUT2D eigenvalue weighted by Gasteiger charge is 2.14. The minimum atomic E-state index is 0.661. The zero-order valence-corrected chi connectivity index (χ0v) is 16.7. The molecule has 3 aromatic rings. The molecule has 0 unspecified atom stereocenters. The highest BCUT2D eigenvalue weighted by Crippen LogP contribution is 2.29. The van der Waals surface area contributed by atoms with Crippen LogP contribution in [0.3, 0.4) is 0 Å². The summed E-state index contributed by atoms with van der Waals surface area (Å²) in [7, 11) is 1.74. The molecule has 0 amide bonds. The van der Waals surface area contributed by atoms with Crippen LogP contribution in [0.25, 0.3) is 10.9 Å². The lowest BCUT2D eigenvalue weighted by molar-refractivity contribution is 0.194. The maximum absolute atomic E-state index is 6.40. The Hall–Kier alpha value is -1.52. The predicted octanol–water partition coefficient (Wildman–Crippen LogP) is 5.43. The third-order valence-electron chi connectivity index (χ3n) is 4.71. The SMILES string of the molecule is COCCCNCc1c(C)n(Cc2ccc(Cl)cc2Cl)c2ccccc12. The van der Waals surface area contributed by atoms with E-state index in [9.17, 15) is 0 Å². The number of ether oxygens (including phenoxy) is 1.